The number of aromatic amines is 1. The summed E-state index contributed by atoms with van der Waals surface area (Å²) < 4.78 is 19.4. The number of nitrogens with zero attached hydrogens (tertiary/aromatic N) is 2. The monoisotopic (exact) mass is 416 g/mol. The van der Waals surface area contributed by atoms with Crippen LogP contribution in [0.4, 0.5) is 0 Å². The lowest BCUT2D eigenvalue weighted by atomic mass is 9.97. The zero-order valence-electron chi connectivity index (χ0n) is 17.0. The maximum absolute atomic E-state index is 12.4. The lowest BCUT2D eigenvalue weighted by Gasteiger charge is -2.37. The quantitative estimate of drug-likeness (QED) is 0.726. The van der Waals surface area contributed by atoms with Gasteiger partial charge in [-0.15, -0.1) is 0 Å². The summed E-state index contributed by atoms with van der Waals surface area (Å²) in [7, 11) is 0. The number of aromatic nitrogens is 3. The molecule has 2 N–H and O–H groups in total. The number of H-pyrrole nitrogens is 1. The first-order valence-corrected chi connectivity index (χ1v) is 9.73. The molecule has 2 aromatic heterocycles. The number of pyridine rings is 1. The van der Waals surface area contributed by atoms with Gasteiger partial charge in [0.15, 0.2) is 5.79 Å². The summed E-state index contributed by atoms with van der Waals surface area (Å²) in [4.78, 5) is 42.4. The Balaban J connectivity index is 1.50. The molecule has 0 aliphatic carbocycles. The standard InChI is InChI=1S/C20H24N4O6/c1-11-4-5-12(21-8-11)18(26)22-9-14-17-16(29-20(2,3)30-17)13(10-28-14)24-7-6-15(25)23-19(24)27/h4-8,13-14,16-17H,9-10H2,1-3H3,(H,22,26)(H,23,25,27)/t13-,14-,16+,17-/m1/s1. The largest absolute Gasteiger partial charge is 0.371 e. The van der Waals surface area contributed by atoms with Crippen LogP contribution >= 0.6 is 0 Å². The van der Waals surface area contributed by atoms with E-state index >= 15 is 0 Å². The number of carbonyl (C=O) groups is 1. The lowest BCUT2D eigenvalue weighted by Crippen LogP contribution is -2.54. The van der Waals surface area contributed by atoms with Crippen LogP contribution in [-0.4, -0.2) is 57.7 Å². The Bertz CT molecular complexity index is 1040. The van der Waals surface area contributed by atoms with Gasteiger partial charge in [0.1, 0.15) is 24.0 Å². The average Bonchev–Trinajstić information content (AvgIpc) is 3.02. The van der Waals surface area contributed by atoms with Crippen LogP contribution in [-0.2, 0) is 14.2 Å². The summed E-state index contributed by atoms with van der Waals surface area (Å²) in [5.41, 5.74) is 0.265. The van der Waals surface area contributed by atoms with E-state index in [4.69, 9.17) is 14.2 Å². The molecule has 4 atom stereocenters. The molecule has 0 unspecified atom stereocenters. The van der Waals surface area contributed by atoms with E-state index in [9.17, 15) is 14.4 Å². The molecule has 30 heavy (non-hydrogen) atoms. The van der Waals surface area contributed by atoms with Crippen LogP contribution in [0, 0.1) is 6.92 Å². The second kappa shape index (κ2) is 7.78. The van der Waals surface area contributed by atoms with Gasteiger partial charge in [-0.2, -0.15) is 0 Å². The summed E-state index contributed by atoms with van der Waals surface area (Å²) in [6.07, 6.45) is 1.58. The number of amides is 1. The highest BCUT2D eigenvalue weighted by Crippen LogP contribution is 2.39. The van der Waals surface area contributed by atoms with Crippen molar-refractivity contribution in [3.05, 3.63) is 62.7 Å². The molecule has 0 spiro atoms. The molecule has 1 amide bonds. The van der Waals surface area contributed by atoms with E-state index in [-0.39, 0.29) is 19.1 Å². The Morgan fingerprint density at radius 2 is 2.03 bits per heavy atom. The Kier molecular flexibility index (Phi) is 5.31. The molecular weight excluding hydrogens is 392 g/mol. The number of ether oxygens (including phenoxy) is 3. The number of nitrogens with one attached hydrogen (secondary N) is 2. The Labute approximate surface area is 172 Å². The van der Waals surface area contributed by atoms with Crippen LogP contribution in [0.25, 0.3) is 0 Å². The van der Waals surface area contributed by atoms with E-state index in [0.29, 0.717) is 5.69 Å². The molecule has 2 aliphatic heterocycles. The fourth-order valence-corrected chi connectivity index (χ4v) is 3.80. The van der Waals surface area contributed by atoms with Gasteiger partial charge in [0, 0.05) is 25.0 Å². The molecule has 2 saturated heterocycles. The second-order valence-corrected chi connectivity index (χ2v) is 7.95. The van der Waals surface area contributed by atoms with Crippen molar-refractivity contribution >= 4 is 5.91 Å². The van der Waals surface area contributed by atoms with E-state index in [1.807, 2.05) is 13.0 Å². The molecule has 2 aliphatic rings. The third-order valence-corrected chi connectivity index (χ3v) is 5.21. The van der Waals surface area contributed by atoms with E-state index in [0.717, 1.165) is 5.56 Å². The predicted molar refractivity (Wildman–Crippen MR) is 105 cm³/mol. The Morgan fingerprint density at radius 1 is 1.27 bits per heavy atom. The van der Waals surface area contributed by atoms with Gasteiger partial charge in [0.05, 0.1) is 12.6 Å². The van der Waals surface area contributed by atoms with Gasteiger partial charge < -0.3 is 19.5 Å². The number of hydrogen-bond donors (Lipinski definition) is 2. The van der Waals surface area contributed by atoms with E-state index in [1.54, 1.807) is 26.1 Å². The Hall–Kier alpha value is -2.82. The molecule has 4 rings (SSSR count). The molecule has 0 saturated carbocycles. The summed E-state index contributed by atoms with van der Waals surface area (Å²) in [6, 6.07) is 4.27. The van der Waals surface area contributed by atoms with Crippen molar-refractivity contribution in [2.75, 3.05) is 13.2 Å². The minimum Gasteiger partial charge on any atom is -0.371 e. The summed E-state index contributed by atoms with van der Waals surface area (Å²) >= 11 is 0. The summed E-state index contributed by atoms with van der Waals surface area (Å²) in [5.74, 6) is -1.19. The van der Waals surface area contributed by atoms with Gasteiger partial charge in [-0.25, -0.2) is 4.79 Å². The molecule has 4 heterocycles. The summed E-state index contributed by atoms with van der Waals surface area (Å²) in [5, 5.41) is 2.82. The zero-order chi connectivity index (χ0) is 21.5. The van der Waals surface area contributed by atoms with Crippen LogP contribution in [0.5, 0.6) is 0 Å². The number of fused-ring (bicyclic) bond motifs is 1. The highest BCUT2D eigenvalue weighted by atomic mass is 16.8. The predicted octanol–water partition coefficient (Wildman–Crippen LogP) is 0.130. The third-order valence-electron chi connectivity index (χ3n) is 5.21. The molecular formula is C20H24N4O6. The molecule has 10 heteroatoms. The SMILES string of the molecule is Cc1ccc(C(=O)NC[C@H]2OC[C@@H](n3ccc(=O)[nH]c3=O)[C@@H]3OC(C)(C)O[C@@H]32)nc1. The lowest BCUT2D eigenvalue weighted by molar-refractivity contribution is -0.153. The van der Waals surface area contributed by atoms with Gasteiger partial charge in [-0.3, -0.25) is 24.1 Å². The van der Waals surface area contributed by atoms with E-state index < -0.39 is 41.4 Å². The van der Waals surface area contributed by atoms with Gasteiger partial charge >= 0.3 is 5.69 Å². The molecule has 2 fully saturated rings. The summed E-state index contributed by atoms with van der Waals surface area (Å²) in [6.45, 7) is 5.82. The van der Waals surface area contributed by atoms with E-state index in [2.05, 4.69) is 15.3 Å². The zero-order valence-corrected chi connectivity index (χ0v) is 17.0. The van der Waals surface area contributed by atoms with Crippen molar-refractivity contribution in [1.29, 1.82) is 0 Å². The maximum atomic E-state index is 12.4. The number of rotatable bonds is 4. The normalized spacial score (nSPS) is 27.4. The first-order chi connectivity index (χ1) is 14.2. The number of carbonyl (C=O) groups excluding carboxylic acids is 1. The van der Waals surface area contributed by atoms with Gasteiger partial charge in [0.2, 0.25) is 0 Å². The topological polar surface area (TPSA) is 125 Å². The third kappa shape index (κ3) is 4.07. The molecule has 0 bridgehead atoms. The van der Waals surface area contributed by atoms with Crippen molar-refractivity contribution < 1.29 is 19.0 Å². The van der Waals surface area contributed by atoms with Crippen LogP contribution in [0.15, 0.2) is 40.2 Å². The molecule has 0 radical (unpaired) electrons. The van der Waals surface area contributed by atoms with Crippen molar-refractivity contribution in [2.24, 2.45) is 0 Å². The molecule has 0 aromatic carbocycles. The smallest absolute Gasteiger partial charge is 0.328 e. The van der Waals surface area contributed by atoms with Crippen LogP contribution in [0.2, 0.25) is 0 Å². The van der Waals surface area contributed by atoms with Crippen molar-refractivity contribution in [2.45, 2.75) is 50.9 Å². The minimum atomic E-state index is -0.881. The van der Waals surface area contributed by atoms with Gasteiger partial charge in [-0.05, 0) is 32.4 Å². The first-order valence-electron chi connectivity index (χ1n) is 9.73. The Morgan fingerprint density at radius 3 is 2.73 bits per heavy atom. The van der Waals surface area contributed by atoms with Crippen LogP contribution < -0.4 is 16.6 Å². The highest BCUT2D eigenvalue weighted by Gasteiger charge is 2.52. The van der Waals surface area contributed by atoms with Gasteiger partial charge in [-0.1, -0.05) is 6.07 Å². The fourth-order valence-electron chi connectivity index (χ4n) is 3.80. The van der Waals surface area contributed by atoms with Gasteiger partial charge in [0.25, 0.3) is 11.5 Å². The van der Waals surface area contributed by atoms with Crippen molar-refractivity contribution in [1.82, 2.24) is 19.9 Å². The second-order valence-electron chi connectivity index (χ2n) is 7.95. The highest BCUT2D eigenvalue weighted by molar-refractivity contribution is 5.92. The van der Waals surface area contributed by atoms with E-state index in [1.165, 1.54) is 16.8 Å². The van der Waals surface area contributed by atoms with Crippen LogP contribution in [0.1, 0.15) is 35.9 Å². The van der Waals surface area contributed by atoms with Crippen molar-refractivity contribution in [3.8, 4) is 0 Å². The average molecular weight is 416 g/mol. The van der Waals surface area contributed by atoms with Crippen LogP contribution in [0.3, 0.4) is 0 Å². The molecule has 10 nitrogen and oxygen atoms in total. The first kappa shape index (κ1) is 20.5. The fraction of sp³-hybridized carbons (Fsp3) is 0.500. The number of aryl methyl sites for hydroxylation is 1. The van der Waals surface area contributed by atoms with Crippen molar-refractivity contribution in [3.63, 3.8) is 0 Å². The molecule has 2 aromatic rings. The maximum Gasteiger partial charge on any atom is 0.328 e. The molecule has 160 valence electrons. The number of hydrogen-bond acceptors (Lipinski definition) is 7. The minimum absolute atomic E-state index is 0.163.